The van der Waals surface area contributed by atoms with Crippen molar-refractivity contribution >= 4 is 23.5 Å². The zero-order valence-electron chi connectivity index (χ0n) is 9.01. The zero-order chi connectivity index (χ0) is 11.8. The topological polar surface area (TPSA) is 56.3 Å². The molecular formula is C11H13NO3S. The monoisotopic (exact) mass is 239 g/mol. The van der Waals surface area contributed by atoms with Crippen molar-refractivity contribution in [3.63, 3.8) is 0 Å². The van der Waals surface area contributed by atoms with E-state index in [-0.39, 0.29) is 12.2 Å². The minimum Gasteiger partial charge on any atom is -0.464 e. The maximum absolute atomic E-state index is 11.0. The fourth-order valence-electron chi connectivity index (χ4n) is 1.00. The van der Waals surface area contributed by atoms with Crippen molar-refractivity contribution in [2.75, 3.05) is 12.4 Å². The van der Waals surface area contributed by atoms with E-state index >= 15 is 0 Å². The molecule has 0 aliphatic heterocycles. The molecule has 0 spiro atoms. The summed E-state index contributed by atoms with van der Waals surface area (Å²) in [6.45, 7) is 1.69. The number of aromatic nitrogens is 1. The summed E-state index contributed by atoms with van der Waals surface area (Å²) in [5.74, 6) is 0.0443. The Morgan fingerprint density at radius 1 is 1.38 bits per heavy atom. The minimum absolute atomic E-state index is 0.139. The van der Waals surface area contributed by atoms with Crippen molar-refractivity contribution in [3.8, 4) is 0 Å². The molecule has 0 saturated heterocycles. The summed E-state index contributed by atoms with van der Waals surface area (Å²) < 4.78 is 4.88. The predicted molar refractivity (Wildman–Crippen MR) is 61.2 cm³/mol. The van der Waals surface area contributed by atoms with Gasteiger partial charge in [-0.1, -0.05) is 0 Å². The van der Waals surface area contributed by atoms with Crippen LogP contribution in [-0.2, 0) is 14.3 Å². The molecule has 0 atom stereocenters. The first-order valence-electron chi connectivity index (χ1n) is 4.86. The molecule has 0 amide bonds. The number of thioether (sulfide) groups is 1. The summed E-state index contributed by atoms with van der Waals surface area (Å²) in [5.41, 5.74) is 0. The van der Waals surface area contributed by atoms with E-state index in [4.69, 9.17) is 4.74 Å². The molecule has 0 aliphatic rings. The second-order valence-corrected chi connectivity index (χ2v) is 4.30. The van der Waals surface area contributed by atoms with Crippen molar-refractivity contribution in [2.24, 2.45) is 0 Å². The molecule has 1 heterocycles. The highest BCUT2D eigenvalue weighted by molar-refractivity contribution is 7.99. The lowest BCUT2D eigenvalue weighted by Crippen LogP contribution is -2.10. The Bertz CT molecular complexity index is 354. The first-order valence-corrected chi connectivity index (χ1v) is 5.85. The van der Waals surface area contributed by atoms with Crippen LogP contribution < -0.4 is 0 Å². The van der Waals surface area contributed by atoms with E-state index in [2.05, 4.69) is 4.98 Å². The van der Waals surface area contributed by atoms with E-state index in [0.717, 1.165) is 4.90 Å². The van der Waals surface area contributed by atoms with Gasteiger partial charge in [-0.25, -0.2) is 0 Å². The number of esters is 1. The Hall–Kier alpha value is -1.36. The maximum atomic E-state index is 11.0. The Balaban J connectivity index is 2.13. The molecule has 1 aromatic heterocycles. The van der Waals surface area contributed by atoms with Crippen LogP contribution in [-0.4, -0.2) is 29.1 Å². The number of carbonyl (C=O) groups is 2. The molecular weight excluding hydrogens is 226 g/mol. The lowest BCUT2D eigenvalue weighted by molar-refractivity contribution is -0.145. The van der Waals surface area contributed by atoms with E-state index in [1.807, 2.05) is 12.1 Å². The van der Waals surface area contributed by atoms with Gasteiger partial charge in [-0.15, -0.1) is 11.8 Å². The van der Waals surface area contributed by atoms with Crippen molar-refractivity contribution in [1.82, 2.24) is 4.98 Å². The SMILES string of the molecule is CC(=O)CC(=O)OCCSc1ccncc1. The highest BCUT2D eigenvalue weighted by Crippen LogP contribution is 2.15. The first kappa shape index (κ1) is 12.7. The largest absolute Gasteiger partial charge is 0.464 e. The molecule has 1 aromatic rings. The molecule has 5 heteroatoms. The Morgan fingerprint density at radius 3 is 2.69 bits per heavy atom. The van der Waals surface area contributed by atoms with E-state index in [0.29, 0.717) is 12.4 Å². The van der Waals surface area contributed by atoms with Gasteiger partial charge < -0.3 is 4.74 Å². The first-order chi connectivity index (χ1) is 7.68. The molecule has 4 nitrogen and oxygen atoms in total. The van der Waals surface area contributed by atoms with Crippen LogP contribution in [0.3, 0.4) is 0 Å². The van der Waals surface area contributed by atoms with Crippen molar-refractivity contribution in [1.29, 1.82) is 0 Å². The molecule has 86 valence electrons. The summed E-state index contributed by atoms with van der Waals surface area (Å²) >= 11 is 1.58. The predicted octanol–water partition coefficient (Wildman–Crippen LogP) is 1.70. The van der Waals surface area contributed by atoms with E-state index in [9.17, 15) is 9.59 Å². The number of rotatable bonds is 6. The van der Waals surface area contributed by atoms with Crippen LogP contribution in [0.1, 0.15) is 13.3 Å². The number of pyridine rings is 1. The smallest absolute Gasteiger partial charge is 0.313 e. The zero-order valence-corrected chi connectivity index (χ0v) is 9.83. The number of hydrogen-bond donors (Lipinski definition) is 0. The summed E-state index contributed by atoms with van der Waals surface area (Å²) in [5, 5.41) is 0. The van der Waals surface area contributed by atoms with Gasteiger partial charge in [0, 0.05) is 23.0 Å². The molecule has 0 unspecified atom stereocenters. The Kier molecular flexibility index (Phi) is 5.56. The maximum Gasteiger partial charge on any atom is 0.313 e. The average Bonchev–Trinajstić information content (AvgIpc) is 2.25. The fourth-order valence-corrected chi connectivity index (χ4v) is 1.72. The van der Waals surface area contributed by atoms with Crippen molar-refractivity contribution in [2.45, 2.75) is 18.2 Å². The third-order valence-corrected chi connectivity index (χ3v) is 2.63. The summed E-state index contributed by atoms with van der Waals surface area (Å²) in [6, 6.07) is 3.78. The highest BCUT2D eigenvalue weighted by atomic mass is 32.2. The van der Waals surface area contributed by atoms with Gasteiger partial charge in [0.1, 0.15) is 18.8 Å². The Morgan fingerprint density at radius 2 is 2.06 bits per heavy atom. The number of hydrogen-bond acceptors (Lipinski definition) is 5. The molecule has 0 fully saturated rings. The van der Waals surface area contributed by atoms with Gasteiger partial charge in [0.05, 0.1) is 0 Å². The van der Waals surface area contributed by atoms with Gasteiger partial charge in [-0.2, -0.15) is 0 Å². The van der Waals surface area contributed by atoms with Crippen LogP contribution in [0.25, 0.3) is 0 Å². The van der Waals surface area contributed by atoms with E-state index in [1.165, 1.54) is 6.92 Å². The number of Topliss-reactive ketones (excluding diaryl/α,β-unsaturated/α-hetero) is 1. The third-order valence-electron chi connectivity index (χ3n) is 1.66. The fraction of sp³-hybridized carbons (Fsp3) is 0.364. The van der Waals surface area contributed by atoms with E-state index < -0.39 is 5.97 Å². The number of ketones is 1. The lowest BCUT2D eigenvalue weighted by atomic mass is 10.3. The quantitative estimate of drug-likeness (QED) is 0.327. The summed E-state index contributed by atoms with van der Waals surface area (Å²) in [7, 11) is 0. The van der Waals surface area contributed by atoms with Gasteiger partial charge in [-0.05, 0) is 19.1 Å². The molecule has 0 aliphatic carbocycles. The van der Waals surface area contributed by atoms with Crippen molar-refractivity contribution in [3.05, 3.63) is 24.5 Å². The second-order valence-electron chi connectivity index (χ2n) is 3.13. The van der Waals surface area contributed by atoms with Gasteiger partial charge in [-0.3, -0.25) is 14.6 Å². The number of nitrogens with zero attached hydrogens (tertiary/aromatic N) is 1. The van der Waals surface area contributed by atoms with E-state index in [1.54, 1.807) is 24.2 Å². The van der Waals surface area contributed by atoms with Crippen LogP contribution in [0, 0.1) is 0 Å². The lowest BCUT2D eigenvalue weighted by Gasteiger charge is -2.03. The van der Waals surface area contributed by atoms with Gasteiger partial charge in [0.2, 0.25) is 0 Å². The van der Waals surface area contributed by atoms with Crippen LogP contribution in [0.2, 0.25) is 0 Å². The molecule has 0 N–H and O–H groups in total. The molecule has 0 bridgehead atoms. The van der Waals surface area contributed by atoms with Gasteiger partial charge >= 0.3 is 5.97 Å². The number of carbonyl (C=O) groups excluding carboxylic acids is 2. The van der Waals surface area contributed by atoms with Crippen molar-refractivity contribution < 1.29 is 14.3 Å². The highest BCUT2D eigenvalue weighted by Gasteiger charge is 2.05. The summed E-state index contributed by atoms with van der Waals surface area (Å²) in [4.78, 5) is 26.6. The van der Waals surface area contributed by atoms with Gasteiger partial charge in [0.25, 0.3) is 0 Å². The minimum atomic E-state index is -0.456. The average molecular weight is 239 g/mol. The second kappa shape index (κ2) is 7.00. The summed E-state index contributed by atoms with van der Waals surface area (Å²) in [6.07, 6.45) is 3.29. The van der Waals surface area contributed by atoms with Crippen LogP contribution >= 0.6 is 11.8 Å². The van der Waals surface area contributed by atoms with Crippen LogP contribution in [0.4, 0.5) is 0 Å². The standard InChI is InChI=1S/C11H13NO3S/c1-9(13)8-11(14)15-6-7-16-10-2-4-12-5-3-10/h2-5H,6-8H2,1H3. The third kappa shape index (κ3) is 5.50. The van der Waals surface area contributed by atoms with Gasteiger partial charge in [0.15, 0.2) is 0 Å². The normalized spacial score (nSPS) is 9.81. The molecule has 0 aromatic carbocycles. The molecule has 16 heavy (non-hydrogen) atoms. The molecule has 0 saturated carbocycles. The van der Waals surface area contributed by atoms with Crippen LogP contribution in [0.5, 0.6) is 0 Å². The molecule has 1 rings (SSSR count). The van der Waals surface area contributed by atoms with Crippen LogP contribution in [0.15, 0.2) is 29.4 Å². The Labute approximate surface area is 98.4 Å². The number of ether oxygens (including phenoxy) is 1. The molecule has 0 radical (unpaired) electrons.